The Hall–Kier alpha value is -1.40. The zero-order chi connectivity index (χ0) is 18.8. The van der Waals surface area contributed by atoms with Crippen LogP contribution in [0.2, 0.25) is 0 Å². The first-order chi connectivity index (χ1) is 11.6. The summed E-state index contributed by atoms with van der Waals surface area (Å²) < 4.78 is 27.6. The van der Waals surface area contributed by atoms with Gasteiger partial charge in [0.2, 0.25) is 10.0 Å². The Balaban J connectivity index is 2.26. The predicted molar refractivity (Wildman–Crippen MR) is 99.9 cm³/mol. The van der Waals surface area contributed by atoms with Gasteiger partial charge < -0.3 is 4.90 Å². The highest BCUT2D eigenvalue weighted by Crippen LogP contribution is 2.27. The predicted octanol–water partition coefficient (Wildman–Crippen LogP) is 3.08. The summed E-state index contributed by atoms with van der Waals surface area (Å²) in [5.74, 6) is 0.907. The zero-order valence-electron chi connectivity index (χ0n) is 15.9. The van der Waals surface area contributed by atoms with Crippen LogP contribution in [0.15, 0.2) is 29.2 Å². The molecule has 0 spiro atoms. The van der Waals surface area contributed by atoms with Crippen molar-refractivity contribution in [1.29, 1.82) is 0 Å². The summed E-state index contributed by atoms with van der Waals surface area (Å²) >= 11 is 0. The van der Waals surface area contributed by atoms with E-state index in [2.05, 4.69) is 13.8 Å². The molecule has 0 aliphatic carbocycles. The Labute approximate surface area is 152 Å². The summed E-state index contributed by atoms with van der Waals surface area (Å²) in [7, 11) is -1.82. The molecule has 0 aromatic heterocycles. The van der Waals surface area contributed by atoms with E-state index in [1.165, 1.54) is 6.07 Å². The second-order valence-electron chi connectivity index (χ2n) is 7.88. The van der Waals surface area contributed by atoms with Crippen molar-refractivity contribution >= 4 is 15.9 Å². The van der Waals surface area contributed by atoms with Crippen LogP contribution in [-0.4, -0.2) is 50.2 Å². The Morgan fingerprint density at radius 3 is 2.40 bits per heavy atom. The Morgan fingerprint density at radius 1 is 1.24 bits per heavy atom. The number of sulfonamides is 1. The van der Waals surface area contributed by atoms with E-state index in [4.69, 9.17) is 0 Å². The van der Waals surface area contributed by atoms with Crippen molar-refractivity contribution in [2.75, 3.05) is 26.7 Å². The summed E-state index contributed by atoms with van der Waals surface area (Å²) in [5, 5.41) is 0. The summed E-state index contributed by atoms with van der Waals surface area (Å²) in [5.41, 5.74) is 0.419. The molecule has 1 aliphatic heterocycles. The molecule has 5 nitrogen and oxygen atoms in total. The van der Waals surface area contributed by atoms with E-state index in [-0.39, 0.29) is 10.8 Å². The van der Waals surface area contributed by atoms with Crippen LogP contribution < -0.4 is 0 Å². The maximum absolute atomic E-state index is 13.0. The van der Waals surface area contributed by atoms with E-state index in [9.17, 15) is 13.2 Å². The van der Waals surface area contributed by atoms with Crippen molar-refractivity contribution < 1.29 is 13.2 Å². The molecule has 25 heavy (non-hydrogen) atoms. The van der Waals surface area contributed by atoms with E-state index in [1.54, 1.807) is 34.5 Å². The van der Waals surface area contributed by atoms with Gasteiger partial charge in [0.25, 0.3) is 5.91 Å². The smallest absolute Gasteiger partial charge is 0.253 e. The number of benzene rings is 1. The van der Waals surface area contributed by atoms with Crippen molar-refractivity contribution in [3.63, 3.8) is 0 Å². The van der Waals surface area contributed by atoms with Crippen molar-refractivity contribution in [2.45, 2.75) is 39.0 Å². The SMILES string of the molecule is CC(C)CN(C)C(=O)c1cccc(S(=O)(=O)N2CC(C)CC(C)C2)c1. The normalized spacial score (nSPS) is 22.2. The molecule has 2 atom stereocenters. The molecule has 140 valence electrons. The molecule has 1 amide bonds. The summed E-state index contributed by atoms with van der Waals surface area (Å²) in [6.07, 6.45) is 1.05. The maximum atomic E-state index is 13.0. The molecule has 1 fully saturated rings. The van der Waals surface area contributed by atoms with E-state index in [0.717, 1.165) is 6.42 Å². The number of carbonyl (C=O) groups excluding carboxylic acids is 1. The van der Waals surface area contributed by atoms with Gasteiger partial charge in [0.1, 0.15) is 0 Å². The minimum atomic E-state index is -3.57. The number of rotatable bonds is 5. The van der Waals surface area contributed by atoms with Crippen molar-refractivity contribution in [3.05, 3.63) is 29.8 Å². The lowest BCUT2D eigenvalue weighted by molar-refractivity contribution is 0.0779. The minimum Gasteiger partial charge on any atom is -0.341 e. The summed E-state index contributed by atoms with van der Waals surface area (Å²) in [6, 6.07) is 6.43. The lowest BCUT2D eigenvalue weighted by atomic mass is 9.94. The Morgan fingerprint density at radius 2 is 1.84 bits per heavy atom. The third-order valence-electron chi connectivity index (χ3n) is 4.54. The van der Waals surface area contributed by atoms with E-state index in [1.807, 2.05) is 13.8 Å². The second kappa shape index (κ2) is 7.87. The van der Waals surface area contributed by atoms with Gasteiger partial charge in [-0.25, -0.2) is 8.42 Å². The quantitative estimate of drug-likeness (QED) is 0.805. The topological polar surface area (TPSA) is 57.7 Å². The first-order valence-electron chi connectivity index (χ1n) is 8.97. The zero-order valence-corrected chi connectivity index (χ0v) is 16.7. The van der Waals surface area contributed by atoms with Crippen LogP contribution in [0, 0.1) is 17.8 Å². The van der Waals surface area contributed by atoms with Gasteiger partial charge >= 0.3 is 0 Å². The molecule has 1 heterocycles. The van der Waals surface area contributed by atoms with Gasteiger partial charge in [-0.15, -0.1) is 0 Å². The highest BCUT2D eigenvalue weighted by Gasteiger charge is 2.32. The molecular weight excluding hydrogens is 336 g/mol. The maximum Gasteiger partial charge on any atom is 0.253 e. The van der Waals surface area contributed by atoms with Gasteiger partial charge in [0, 0.05) is 32.2 Å². The van der Waals surface area contributed by atoms with Gasteiger partial charge in [0.05, 0.1) is 4.90 Å². The standard InChI is InChI=1S/C19H30N2O3S/c1-14(2)11-20(5)19(22)17-7-6-8-18(10-17)25(23,24)21-12-15(3)9-16(4)13-21/h6-8,10,14-16H,9,11-13H2,1-5H3. The van der Waals surface area contributed by atoms with E-state index < -0.39 is 10.0 Å². The fraction of sp³-hybridized carbons (Fsp3) is 0.632. The summed E-state index contributed by atoms with van der Waals surface area (Å²) in [4.78, 5) is 14.4. The molecule has 1 aromatic carbocycles. The van der Waals surface area contributed by atoms with Crippen molar-refractivity contribution in [3.8, 4) is 0 Å². The van der Waals surface area contributed by atoms with E-state index in [0.29, 0.717) is 43.0 Å². The molecule has 0 saturated carbocycles. The number of nitrogens with zero attached hydrogens (tertiary/aromatic N) is 2. The third-order valence-corrected chi connectivity index (χ3v) is 6.37. The van der Waals surface area contributed by atoms with Crippen LogP contribution in [0.25, 0.3) is 0 Å². The van der Waals surface area contributed by atoms with E-state index >= 15 is 0 Å². The lowest BCUT2D eigenvalue weighted by Gasteiger charge is -2.34. The van der Waals surface area contributed by atoms with Crippen molar-refractivity contribution in [1.82, 2.24) is 9.21 Å². The fourth-order valence-electron chi connectivity index (χ4n) is 3.59. The highest BCUT2D eigenvalue weighted by molar-refractivity contribution is 7.89. The molecule has 0 bridgehead atoms. The molecule has 0 N–H and O–H groups in total. The van der Waals surface area contributed by atoms with Crippen LogP contribution in [-0.2, 0) is 10.0 Å². The van der Waals surface area contributed by atoms with Crippen LogP contribution in [0.1, 0.15) is 44.5 Å². The molecule has 6 heteroatoms. The molecule has 0 radical (unpaired) electrons. The minimum absolute atomic E-state index is 0.147. The largest absolute Gasteiger partial charge is 0.341 e. The van der Waals surface area contributed by atoms with Gasteiger partial charge in [-0.1, -0.05) is 33.8 Å². The number of carbonyl (C=O) groups is 1. The molecule has 2 unspecified atom stereocenters. The number of hydrogen-bond acceptors (Lipinski definition) is 3. The van der Waals surface area contributed by atoms with Gasteiger partial charge in [-0.05, 0) is 42.4 Å². The van der Waals surface area contributed by atoms with Gasteiger partial charge in [0.15, 0.2) is 0 Å². The van der Waals surface area contributed by atoms with Crippen LogP contribution >= 0.6 is 0 Å². The molecule has 1 saturated heterocycles. The number of hydrogen-bond donors (Lipinski definition) is 0. The Kier molecular flexibility index (Phi) is 6.27. The van der Waals surface area contributed by atoms with Crippen molar-refractivity contribution in [2.24, 2.45) is 17.8 Å². The van der Waals surface area contributed by atoms with Crippen LogP contribution in [0.4, 0.5) is 0 Å². The number of piperidine rings is 1. The summed E-state index contributed by atoms with van der Waals surface area (Å²) in [6.45, 7) is 9.97. The second-order valence-corrected chi connectivity index (χ2v) is 9.81. The van der Waals surface area contributed by atoms with Crippen LogP contribution in [0.5, 0.6) is 0 Å². The van der Waals surface area contributed by atoms with Gasteiger partial charge in [-0.2, -0.15) is 4.31 Å². The highest BCUT2D eigenvalue weighted by atomic mass is 32.2. The van der Waals surface area contributed by atoms with Gasteiger partial charge in [-0.3, -0.25) is 4.79 Å². The molecule has 1 aromatic rings. The average molecular weight is 367 g/mol. The lowest BCUT2D eigenvalue weighted by Crippen LogP contribution is -2.42. The van der Waals surface area contributed by atoms with Crippen LogP contribution in [0.3, 0.4) is 0 Å². The molecule has 1 aliphatic rings. The third kappa shape index (κ3) is 4.82. The Bertz CT molecular complexity index is 705. The first-order valence-corrected chi connectivity index (χ1v) is 10.4. The average Bonchev–Trinajstić information content (AvgIpc) is 2.52. The number of amides is 1. The fourth-order valence-corrected chi connectivity index (χ4v) is 5.32. The first kappa shape index (κ1) is 19.9. The molecular formula is C19H30N2O3S. The monoisotopic (exact) mass is 366 g/mol. The molecule has 2 rings (SSSR count).